The molecule has 0 saturated carbocycles. The standard InChI is InChI=1S/C15H17NO4/c1-15(14(18)19)16(2)12(9-6-10-17)13(20-15)11-7-4-3-5-8-11/h3-10,12-13H,1-2H3,(H,18,19). The number of ether oxygens (including phenoxy) is 1. The number of carboxylic acid groups (broad SMARTS) is 1. The lowest BCUT2D eigenvalue weighted by Gasteiger charge is -2.27. The summed E-state index contributed by atoms with van der Waals surface area (Å²) in [6.07, 6.45) is 3.28. The third-order valence-electron chi connectivity index (χ3n) is 3.70. The zero-order valence-corrected chi connectivity index (χ0v) is 11.4. The first-order valence-corrected chi connectivity index (χ1v) is 6.31. The molecule has 0 bridgehead atoms. The fourth-order valence-corrected chi connectivity index (χ4v) is 2.39. The van der Waals surface area contributed by atoms with Gasteiger partial charge in [0.15, 0.2) is 0 Å². The van der Waals surface area contributed by atoms with Crippen molar-refractivity contribution in [1.29, 1.82) is 0 Å². The maximum Gasteiger partial charge on any atom is 0.351 e. The van der Waals surface area contributed by atoms with E-state index in [1.807, 2.05) is 30.3 Å². The predicted octanol–water partition coefficient (Wildman–Crippen LogP) is 1.61. The molecule has 0 amide bonds. The minimum absolute atomic E-state index is 0.316. The summed E-state index contributed by atoms with van der Waals surface area (Å²) in [6, 6.07) is 9.07. The van der Waals surface area contributed by atoms with E-state index in [9.17, 15) is 14.7 Å². The summed E-state index contributed by atoms with van der Waals surface area (Å²) in [4.78, 5) is 23.6. The summed E-state index contributed by atoms with van der Waals surface area (Å²) in [5.74, 6) is -1.05. The number of hydrogen-bond acceptors (Lipinski definition) is 4. The number of nitrogens with zero attached hydrogens (tertiary/aromatic N) is 1. The smallest absolute Gasteiger partial charge is 0.351 e. The molecule has 1 aromatic carbocycles. The van der Waals surface area contributed by atoms with Crippen LogP contribution in [0.4, 0.5) is 0 Å². The van der Waals surface area contributed by atoms with Gasteiger partial charge in [0.25, 0.3) is 0 Å². The van der Waals surface area contributed by atoms with Crippen LogP contribution in [-0.4, -0.2) is 41.1 Å². The minimum Gasteiger partial charge on any atom is -0.478 e. The van der Waals surface area contributed by atoms with Crippen LogP contribution in [-0.2, 0) is 14.3 Å². The predicted molar refractivity (Wildman–Crippen MR) is 73.1 cm³/mol. The molecule has 3 unspecified atom stereocenters. The quantitative estimate of drug-likeness (QED) is 0.668. The Kier molecular flexibility index (Phi) is 4.01. The first-order chi connectivity index (χ1) is 9.50. The molecule has 2 rings (SSSR count). The van der Waals surface area contributed by atoms with Crippen molar-refractivity contribution in [3.05, 3.63) is 48.0 Å². The maximum atomic E-state index is 11.5. The molecular formula is C15H17NO4. The Labute approximate surface area is 117 Å². The van der Waals surface area contributed by atoms with E-state index in [1.54, 1.807) is 18.0 Å². The van der Waals surface area contributed by atoms with Gasteiger partial charge in [0.2, 0.25) is 5.72 Å². The van der Waals surface area contributed by atoms with Crippen LogP contribution in [0.1, 0.15) is 18.6 Å². The lowest BCUT2D eigenvalue weighted by Crippen LogP contribution is -2.49. The maximum absolute atomic E-state index is 11.5. The zero-order valence-electron chi connectivity index (χ0n) is 11.4. The van der Waals surface area contributed by atoms with Crippen molar-refractivity contribution in [2.24, 2.45) is 0 Å². The lowest BCUT2D eigenvalue weighted by atomic mass is 10.0. The molecule has 1 aliphatic heterocycles. The zero-order chi connectivity index (χ0) is 14.8. The number of benzene rings is 1. The van der Waals surface area contributed by atoms with Gasteiger partial charge in [0.05, 0.1) is 6.04 Å². The Morgan fingerprint density at radius 3 is 2.60 bits per heavy atom. The van der Waals surface area contributed by atoms with Gasteiger partial charge in [-0.15, -0.1) is 0 Å². The molecule has 0 radical (unpaired) electrons. The van der Waals surface area contributed by atoms with E-state index in [-0.39, 0.29) is 6.04 Å². The highest BCUT2D eigenvalue weighted by molar-refractivity contribution is 5.77. The molecule has 20 heavy (non-hydrogen) atoms. The van der Waals surface area contributed by atoms with Gasteiger partial charge in [0.1, 0.15) is 12.4 Å². The minimum atomic E-state index is -1.42. The second-order valence-electron chi connectivity index (χ2n) is 4.86. The van der Waals surface area contributed by atoms with Crippen molar-refractivity contribution < 1.29 is 19.4 Å². The van der Waals surface area contributed by atoms with Gasteiger partial charge in [-0.1, -0.05) is 36.4 Å². The third-order valence-corrected chi connectivity index (χ3v) is 3.70. The number of aldehydes is 1. The molecular weight excluding hydrogens is 258 g/mol. The van der Waals surface area contributed by atoms with Crippen LogP contribution in [0.3, 0.4) is 0 Å². The Balaban J connectivity index is 2.41. The average Bonchev–Trinajstić information content (AvgIpc) is 2.71. The fraction of sp³-hybridized carbons (Fsp3) is 0.333. The van der Waals surface area contributed by atoms with Gasteiger partial charge >= 0.3 is 5.97 Å². The number of carbonyl (C=O) groups is 2. The number of rotatable bonds is 4. The van der Waals surface area contributed by atoms with E-state index in [1.165, 1.54) is 13.0 Å². The van der Waals surface area contributed by atoms with E-state index in [4.69, 9.17) is 4.74 Å². The first kappa shape index (κ1) is 14.4. The van der Waals surface area contributed by atoms with Crippen LogP contribution in [0, 0.1) is 0 Å². The molecule has 5 nitrogen and oxygen atoms in total. The number of carboxylic acids is 1. The van der Waals surface area contributed by atoms with Crippen molar-refractivity contribution in [2.45, 2.75) is 24.8 Å². The summed E-state index contributed by atoms with van der Waals surface area (Å²) < 4.78 is 5.78. The van der Waals surface area contributed by atoms with Gasteiger partial charge in [-0.05, 0) is 25.6 Å². The van der Waals surface area contributed by atoms with Crippen molar-refractivity contribution >= 4 is 12.3 Å². The summed E-state index contributed by atoms with van der Waals surface area (Å²) >= 11 is 0. The molecule has 1 fully saturated rings. The monoisotopic (exact) mass is 275 g/mol. The normalized spacial score (nSPS) is 30.7. The van der Waals surface area contributed by atoms with E-state index >= 15 is 0 Å². The van der Waals surface area contributed by atoms with Crippen LogP contribution in [0.25, 0.3) is 0 Å². The van der Waals surface area contributed by atoms with Crippen molar-refractivity contribution in [1.82, 2.24) is 4.90 Å². The van der Waals surface area contributed by atoms with E-state index in [0.717, 1.165) is 5.56 Å². The van der Waals surface area contributed by atoms with Crippen LogP contribution in [0.15, 0.2) is 42.5 Å². The van der Waals surface area contributed by atoms with Crippen LogP contribution in [0.2, 0.25) is 0 Å². The molecule has 0 spiro atoms. The average molecular weight is 275 g/mol. The van der Waals surface area contributed by atoms with E-state index in [2.05, 4.69) is 0 Å². The third kappa shape index (κ3) is 2.37. The first-order valence-electron chi connectivity index (χ1n) is 6.31. The molecule has 1 N–H and O–H groups in total. The number of likely N-dealkylation sites (N-methyl/N-ethyl adjacent to an activating group) is 1. The number of hydrogen-bond donors (Lipinski definition) is 1. The highest BCUT2D eigenvalue weighted by atomic mass is 16.6. The summed E-state index contributed by atoms with van der Waals surface area (Å²) in [5, 5.41) is 9.39. The Morgan fingerprint density at radius 1 is 1.40 bits per heavy atom. The highest BCUT2D eigenvalue weighted by Gasteiger charge is 2.52. The Hall–Kier alpha value is -1.98. The molecule has 1 saturated heterocycles. The van der Waals surface area contributed by atoms with Crippen molar-refractivity contribution in [3.8, 4) is 0 Å². The van der Waals surface area contributed by atoms with Crippen LogP contribution in [0.5, 0.6) is 0 Å². The van der Waals surface area contributed by atoms with Gasteiger partial charge in [-0.25, -0.2) is 4.79 Å². The molecule has 0 aliphatic carbocycles. The second kappa shape index (κ2) is 5.56. The molecule has 3 atom stereocenters. The SMILES string of the molecule is CN1C(C=CC=O)C(c2ccccc2)OC1(C)C(=O)O. The lowest BCUT2D eigenvalue weighted by molar-refractivity contribution is -0.175. The Bertz CT molecular complexity index is 528. The van der Waals surface area contributed by atoms with Gasteiger partial charge in [0, 0.05) is 0 Å². The summed E-state index contributed by atoms with van der Waals surface area (Å²) in [7, 11) is 1.68. The number of carbonyl (C=O) groups excluding carboxylic acids is 1. The molecule has 1 aromatic rings. The van der Waals surface area contributed by atoms with Gasteiger partial charge in [-0.2, -0.15) is 0 Å². The fourth-order valence-electron chi connectivity index (χ4n) is 2.39. The molecule has 1 aliphatic rings. The number of allylic oxidation sites excluding steroid dienone is 1. The summed E-state index contributed by atoms with van der Waals surface area (Å²) in [6.45, 7) is 1.51. The van der Waals surface area contributed by atoms with Crippen LogP contribution < -0.4 is 0 Å². The molecule has 1 heterocycles. The highest BCUT2D eigenvalue weighted by Crippen LogP contribution is 2.40. The van der Waals surface area contributed by atoms with Crippen LogP contribution >= 0.6 is 0 Å². The van der Waals surface area contributed by atoms with Gasteiger partial charge in [-0.3, -0.25) is 9.69 Å². The van der Waals surface area contributed by atoms with Crippen molar-refractivity contribution in [2.75, 3.05) is 7.05 Å². The summed E-state index contributed by atoms with van der Waals surface area (Å²) in [5.41, 5.74) is -0.539. The molecule has 106 valence electrons. The molecule has 5 heteroatoms. The van der Waals surface area contributed by atoms with E-state index in [0.29, 0.717) is 6.29 Å². The van der Waals surface area contributed by atoms with Crippen molar-refractivity contribution in [3.63, 3.8) is 0 Å². The van der Waals surface area contributed by atoms with Gasteiger partial charge < -0.3 is 9.84 Å². The topological polar surface area (TPSA) is 66.8 Å². The largest absolute Gasteiger partial charge is 0.478 e. The Morgan fingerprint density at radius 2 is 2.05 bits per heavy atom. The van der Waals surface area contributed by atoms with E-state index < -0.39 is 17.8 Å². The number of aliphatic carboxylic acids is 1. The molecule has 0 aromatic heterocycles. The second-order valence-corrected chi connectivity index (χ2v) is 4.86.